The topological polar surface area (TPSA) is 53.7 Å². The average molecular weight is 277 g/mol. The van der Waals surface area contributed by atoms with Crippen molar-refractivity contribution in [3.05, 3.63) is 23.8 Å². The molecule has 3 rings (SSSR count). The van der Waals surface area contributed by atoms with Gasteiger partial charge in [-0.15, -0.1) is 0 Å². The minimum Gasteiger partial charge on any atom is -0.493 e. The van der Waals surface area contributed by atoms with E-state index in [1.54, 1.807) is 7.11 Å². The van der Waals surface area contributed by atoms with Crippen LogP contribution in [0.25, 0.3) is 0 Å². The maximum Gasteiger partial charge on any atom is 0.162 e. The van der Waals surface area contributed by atoms with Gasteiger partial charge in [0, 0.05) is 12.1 Å². The Kier molecular flexibility index (Phi) is 3.85. The molecular formula is C16H23NO3. The van der Waals surface area contributed by atoms with Crippen molar-refractivity contribution in [3.63, 3.8) is 0 Å². The van der Waals surface area contributed by atoms with Crippen molar-refractivity contribution in [3.8, 4) is 11.5 Å². The van der Waals surface area contributed by atoms with Crippen LogP contribution in [-0.2, 0) is 10.3 Å². The monoisotopic (exact) mass is 277 g/mol. The second-order valence-corrected chi connectivity index (χ2v) is 5.83. The fourth-order valence-electron chi connectivity index (χ4n) is 2.91. The van der Waals surface area contributed by atoms with Gasteiger partial charge in [-0.2, -0.15) is 0 Å². The summed E-state index contributed by atoms with van der Waals surface area (Å²) in [6.07, 6.45) is 5.49. The number of methoxy groups -OCH3 is 1. The molecule has 1 aromatic rings. The first-order chi connectivity index (χ1) is 9.71. The van der Waals surface area contributed by atoms with E-state index in [0.29, 0.717) is 6.61 Å². The third-order valence-corrected chi connectivity index (χ3v) is 4.40. The van der Waals surface area contributed by atoms with Gasteiger partial charge in [-0.25, -0.2) is 0 Å². The molecule has 110 valence electrons. The third-order valence-electron chi connectivity index (χ3n) is 4.40. The minimum absolute atomic E-state index is 0.114. The summed E-state index contributed by atoms with van der Waals surface area (Å²) in [4.78, 5) is 0. The van der Waals surface area contributed by atoms with Gasteiger partial charge in [0.05, 0.1) is 13.7 Å². The van der Waals surface area contributed by atoms with Crippen molar-refractivity contribution < 1.29 is 14.2 Å². The Morgan fingerprint density at radius 2 is 2.10 bits per heavy atom. The van der Waals surface area contributed by atoms with Crippen LogP contribution in [-0.4, -0.2) is 26.4 Å². The molecule has 4 heteroatoms. The summed E-state index contributed by atoms with van der Waals surface area (Å²) in [6.45, 7) is 1.49. The predicted octanol–water partition coefficient (Wildman–Crippen LogP) is 2.59. The van der Waals surface area contributed by atoms with E-state index in [-0.39, 0.29) is 11.6 Å². The zero-order valence-corrected chi connectivity index (χ0v) is 12.1. The third kappa shape index (κ3) is 2.63. The largest absolute Gasteiger partial charge is 0.493 e. The molecule has 1 aliphatic carbocycles. The number of hydrogen-bond acceptors (Lipinski definition) is 4. The van der Waals surface area contributed by atoms with Gasteiger partial charge in [-0.1, -0.05) is 6.07 Å². The zero-order valence-electron chi connectivity index (χ0n) is 12.1. The van der Waals surface area contributed by atoms with Gasteiger partial charge in [0.2, 0.25) is 0 Å². The summed E-state index contributed by atoms with van der Waals surface area (Å²) in [6, 6.07) is 6.07. The van der Waals surface area contributed by atoms with E-state index in [9.17, 15) is 0 Å². The second-order valence-electron chi connectivity index (χ2n) is 5.83. The van der Waals surface area contributed by atoms with Gasteiger partial charge in [-0.3, -0.25) is 0 Å². The lowest BCUT2D eigenvalue weighted by Gasteiger charge is -2.39. The van der Waals surface area contributed by atoms with E-state index in [0.717, 1.165) is 49.4 Å². The molecule has 1 atom stereocenters. The van der Waals surface area contributed by atoms with Gasteiger partial charge >= 0.3 is 0 Å². The molecule has 2 aliphatic rings. The molecular weight excluding hydrogens is 254 g/mol. The molecule has 0 radical (unpaired) electrons. The van der Waals surface area contributed by atoms with Gasteiger partial charge in [-0.05, 0) is 49.8 Å². The Morgan fingerprint density at radius 3 is 2.70 bits per heavy atom. The summed E-state index contributed by atoms with van der Waals surface area (Å²) in [5.41, 5.74) is 7.37. The van der Waals surface area contributed by atoms with Crippen LogP contribution in [0.2, 0.25) is 0 Å². The Hall–Kier alpha value is -1.26. The first-order valence-corrected chi connectivity index (χ1v) is 7.43. The number of hydrogen-bond donors (Lipinski definition) is 1. The maximum absolute atomic E-state index is 6.40. The van der Waals surface area contributed by atoms with E-state index < -0.39 is 0 Å². The van der Waals surface area contributed by atoms with Crippen molar-refractivity contribution in [1.29, 1.82) is 0 Å². The fourth-order valence-corrected chi connectivity index (χ4v) is 2.91. The number of ether oxygens (including phenoxy) is 3. The molecule has 2 fully saturated rings. The molecule has 1 unspecified atom stereocenters. The zero-order chi connectivity index (χ0) is 14.0. The minimum atomic E-state index is -0.173. The van der Waals surface area contributed by atoms with Crippen LogP contribution in [0, 0.1) is 0 Å². The second kappa shape index (κ2) is 5.62. The summed E-state index contributed by atoms with van der Waals surface area (Å²) < 4.78 is 16.9. The molecule has 0 aromatic heterocycles. The summed E-state index contributed by atoms with van der Waals surface area (Å²) in [7, 11) is 1.67. The normalized spacial score (nSPS) is 24.8. The fraction of sp³-hybridized carbons (Fsp3) is 0.625. The average Bonchev–Trinajstić information content (AvgIpc) is 2.46. The van der Waals surface area contributed by atoms with Crippen LogP contribution >= 0.6 is 0 Å². The van der Waals surface area contributed by atoms with E-state index in [4.69, 9.17) is 19.9 Å². The summed E-state index contributed by atoms with van der Waals surface area (Å²) in [5, 5.41) is 0. The Bertz CT molecular complexity index is 465. The Balaban J connectivity index is 1.81. The van der Waals surface area contributed by atoms with Crippen molar-refractivity contribution in [2.45, 2.75) is 43.7 Å². The Labute approximate surface area is 120 Å². The Morgan fingerprint density at radius 1 is 1.25 bits per heavy atom. The van der Waals surface area contributed by atoms with Crippen LogP contribution in [0.5, 0.6) is 11.5 Å². The summed E-state index contributed by atoms with van der Waals surface area (Å²) in [5.74, 6) is 1.56. The molecule has 1 heterocycles. The van der Waals surface area contributed by atoms with Crippen LogP contribution in [0.1, 0.15) is 37.7 Å². The number of nitrogens with two attached hydrogens (primary N) is 1. The highest BCUT2D eigenvalue weighted by atomic mass is 16.5. The molecule has 1 saturated heterocycles. The van der Waals surface area contributed by atoms with Gasteiger partial charge < -0.3 is 19.9 Å². The van der Waals surface area contributed by atoms with Crippen LogP contribution in [0.4, 0.5) is 0 Å². The molecule has 4 nitrogen and oxygen atoms in total. The molecule has 0 spiro atoms. The van der Waals surface area contributed by atoms with Crippen LogP contribution < -0.4 is 15.2 Å². The maximum atomic E-state index is 6.40. The molecule has 1 aromatic carbocycles. The van der Waals surface area contributed by atoms with Crippen molar-refractivity contribution in [2.75, 3.05) is 20.3 Å². The van der Waals surface area contributed by atoms with Crippen LogP contribution in [0.15, 0.2) is 18.2 Å². The van der Waals surface area contributed by atoms with E-state index in [1.165, 1.54) is 6.42 Å². The molecule has 0 bridgehead atoms. The SMILES string of the molecule is COc1ccc(C2(N)CCC2)cc1OC1CCCOC1. The highest BCUT2D eigenvalue weighted by Crippen LogP contribution is 2.42. The van der Waals surface area contributed by atoms with E-state index in [1.807, 2.05) is 12.1 Å². The molecule has 2 N–H and O–H groups in total. The smallest absolute Gasteiger partial charge is 0.162 e. The highest BCUT2D eigenvalue weighted by Gasteiger charge is 2.35. The quantitative estimate of drug-likeness (QED) is 0.919. The first kappa shape index (κ1) is 13.7. The molecule has 0 amide bonds. The van der Waals surface area contributed by atoms with Crippen molar-refractivity contribution in [2.24, 2.45) is 5.73 Å². The van der Waals surface area contributed by atoms with Gasteiger partial charge in [0.15, 0.2) is 11.5 Å². The lowest BCUT2D eigenvalue weighted by atomic mass is 9.73. The van der Waals surface area contributed by atoms with Crippen molar-refractivity contribution in [1.82, 2.24) is 0 Å². The lowest BCUT2D eigenvalue weighted by molar-refractivity contribution is 0.00633. The first-order valence-electron chi connectivity index (χ1n) is 7.43. The van der Waals surface area contributed by atoms with Gasteiger partial charge in [0.25, 0.3) is 0 Å². The number of benzene rings is 1. The van der Waals surface area contributed by atoms with Gasteiger partial charge in [0.1, 0.15) is 6.10 Å². The van der Waals surface area contributed by atoms with E-state index >= 15 is 0 Å². The lowest BCUT2D eigenvalue weighted by Crippen LogP contribution is -2.43. The standard InChI is InChI=1S/C16H23NO3/c1-18-14-6-5-12(16(17)7-3-8-16)10-15(14)20-13-4-2-9-19-11-13/h5-6,10,13H,2-4,7-9,11,17H2,1H3. The molecule has 20 heavy (non-hydrogen) atoms. The van der Waals surface area contributed by atoms with Crippen LogP contribution in [0.3, 0.4) is 0 Å². The van der Waals surface area contributed by atoms with Crippen molar-refractivity contribution >= 4 is 0 Å². The summed E-state index contributed by atoms with van der Waals surface area (Å²) >= 11 is 0. The van der Waals surface area contributed by atoms with E-state index in [2.05, 4.69) is 6.07 Å². The molecule has 1 aliphatic heterocycles. The molecule has 1 saturated carbocycles. The highest BCUT2D eigenvalue weighted by molar-refractivity contribution is 5.45. The predicted molar refractivity (Wildman–Crippen MR) is 77.2 cm³/mol. The number of rotatable bonds is 4.